The van der Waals surface area contributed by atoms with Crippen LogP contribution in [0, 0.1) is 0 Å². The smallest absolute Gasteiger partial charge is 0.212 e. The summed E-state index contributed by atoms with van der Waals surface area (Å²) in [5.41, 5.74) is 7.02. The monoisotopic (exact) mass is 654 g/mol. The van der Waals surface area contributed by atoms with Crippen LogP contribution in [0.4, 0.5) is 0 Å². The van der Waals surface area contributed by atoms with Gasteiger partial charge in [0.1, 0.15) is 5.70 Å². The van der Waals surface area contributed by atoms with Crippen LogP contribution >= 0.6 is 0 Å². The number of allylic oxidation sites excluding steroid dienone is 7. The van der Waals surface area contributed by atoms with E-state index in [1.807, 2.05) is 6.92 Å². The summed E-state index contributed by atoms with van der Waals surface area (Å²) < 4.78 is 0. The van der Waals surface area contributed by atoms with Gasteiger partial charge in [-0.05, 0) is 90.4 Å². The fourth-order valence-electron chi connectivity index (χ4n) is 5.11. The Labute approximate surface area is 287 Å². The maximum Gasteiger partial charge on any atom is 0.212 e. The van der Waals surface area contributed by atoms with Crippen LogP contribution in [0.2, 0.25) is 0 Å². The molecule has 0 aromatic carbocycles. The van der Waals surface area contributed by atoms with Crippen molar-refractivity contribution < 1.29 is 10.0 Å². The molecule has 0 saturated heterocycles. The molecule has 266 valence electrons. The van der Waals surface area contributed by atoms with E-state index in [1.165, 1.54) is 17.9 Å². The number of rotatable bonds is 31. The Kier molecular flexibility index (Phi) is 20.9. The molecule has 0 atom stereocenters. The molecule has 1 rings (SSSR count). The molecule has 0 heterocycles. The summed E-state index contributed by atoms with van der Waals surface area (Å²) in [7, 11) is 6.02. The molecule has 0 amide bonds. The highest BCUT2D eigenvalue weighted by atomic mass is 16.5. The molecule has 0 saturated carbocycles. The molecule has 0 aromatic heterocycles. The van der Waals surface area contributed by atoms with Crippen LogP contribution in [0.1, 0.15) is 90.4 Å². The second kappa shape index (κ2) is 23.7. The van der Waals surface area contributed by atoms with E-state index in [2.05, 4.69) is 84.6 Å². The number of carbonyl (C=O) groups is 1. The molecule has 9 nitrogen and oxygen atoms in total. The number of unbranched alkanes of at least 4 members (excludes halogenated alkanes) is 6. The minimum Gasteiger partial charge on any atom is -0.389 e. The Bertz CT molecular complexity index is 1090. The lowest BCUT2D eigenvalue weighted by molar-refractivity contribution is -0.113. The summed E-state index contributed by atoms with van der Waals surface area (Å²) in [4.78, 5) is 16.3. The van der Waals surface area contributed by atoms with E-state index in [9.17, 15) is 10.0 Å². The van der Waals surface area contributed by atoms with Gasteiger partial charge in [0, 0.05) is 94.5 Å². The van der Waals surface area contributed by atoms with E-state index in [0.29, 0.717) is 36.5 Å². The fraction of sp³-hybridized carbons (Fsp3) is 0.605. The first kappa shape index (κ1) is 41.4. The molecule has 9 heteroatoms. The molecular formula is C38H67N7O2. The lowest BCUT2D eigenvalue weighted by Crippen LogP contribution is -2.37. The van der Waals surface area contributed by atoms with Crippen LogP contribution in [0.15, 0.2) is 84.9 Å². The molecule has 0 unspecified atom stereocenters. The maximum absolute atomic E-state index is 11.8. The van der Waals surface area contributed by atoms with E-state index in [4.69, 9.17) is 0 Å². The molecule has 47 heavy (non-hydrogen) atoms. The third kappa shape index (κ3) is 17.2. The van der Waals surface area contributed by atoms with Gasteiger partial charge in [0.2, 0.25) is 5.78 Å². The molecule has 0 bridgehead atoms. The molecule has 1 aliphatic rings. The van der Waals surface area contributed by atoms with Crippen molar-refractivity contribution in [3.63, 3.8) is 0 Å². The molecule has 0 spiro atoms. The first-order valence-corrected chi connectivity index (χ1v) is 17.5. The normalized spacial score (nSPS) is 12.3. The summed E-state index contributed by atoms with van der Waals surface area (Å²) >= 11 is 0. The summed E-state index contributed by atoms with van der Waals surface area (Å²) in [5.74, 6) is -0.0174. The molecule has 0 aliphatic heterocycles. The minimum absolute atomic E-state index is 0.0174. The highest BCUT2D eigenvalue weighted by Gasteiger charge is 2.30. The Morgan fingerprint density at radius 2 is 1.15 bits per heavy atom. The van der Waals surface area contributed by atoms with Crippen LogP contribution in [-0.2, 0) is 4.79 Å². The zero-order chi connectivity index (χ0) is 35.2. The van der Waals surface area contributed by atoms with Gasteiger partial charge in [-0.15, -0.1) is 0 Å². The summed E-state index contributed by atoms with van der Waals surface area (Å²) in [5, 5.41) is 24.7. The van der Waals surface area contributed by atoms with Crippen LogP contribution in [0.5, 0.6) is 0 Å². The van der Waals surface area contributed by atoms with Crippen molar-refractivity contribution >= 4 is 5.78 Å². The number of ketones is 1. The summed E-state index contributed by atoms with van der Waals surface area (Å²) in [6.45, 7) is 31.6. The Hall–Kier alpha value is -3.59. The average molecular weight is 654 g/mol. The highest BCUT2D eigenvalue weighted by molar-refractivity contribution is 6.18. The number of Topliss-reactive ketones (excluding diaryl/α,β-unsaturated/α-hetero) is 1. The van der Waals surface area contributed by atoms with Gasteiger partial charge in [-0.25, -0.2) is 0 Å². The van der Waals surface area contributed by atoms with E-state index < -0.39 is 0 Å². The second-order valence-electron chi connectivity index (χ2n) is 12.8. The van der Waals surface area contributed by atoms with E-state index >= 15 is 0 Å². The number of hydroxylamine groups is 2. The molecule has 0 radical (unpaired) electrons. The quantitative estimate of drug-likeness (QED) is 0.0325. The van der Waals surface area contributed by atoms with Crippen molar-refractivity contribution in [2.45, 2.75) is 90.4 Å². The standard InChI is InChI=1S/C38H67N7O2/c1-30(2)43(9)27-17-11-14-24-40-31(3)20-22-33(5)44(10)28-18-12-15-25-41-32(4)21-23-34(6)45(47)29-19-13-16-26-42-37-36(39-8)35(7)38(37)46/h39-42,47H,1,3-7,11-29H2,2,8-10H3. The third-order valence-electron chi connectivity index (χ3n) is 8.73. The van der Waals surface area contributed by atoms with Gasteiger partial charge in [-0.1, -0.05) is 39.5 Å². The zero-order valence-electron chi connectivity index (χ0n) is 30.4. The van der Waals surface area contributed by atoms with Gasteiger partial charge in [0.05, 0.1) is 5.70 Å². The van der Waals surface area contributed by atoms with Gasteiger partial charge in [-0.2, -0.15) is 0 Å². The lowest BCUT2D eigenvalue weighted by atomic mass is 9.93. The average Bonchev–Trinajstić information content (AvgIpc) is 3.05. The van der Waals surface area contributed by atoms with E-state index in [0.717, 1.165) is 119 Å². The van der Waals surface area contributed by atoms with Gasteiger partial charge >= 0.3 is 0 Å². The second-order valence-corrected chi connectivity index (χ2v) is 12.8. The maximum atomic E-state index is 11.8. The largest absolute Gasteiger partial charge is 0.389 e. The summed E-state index contributed by atoms with van der Waals surface area (Å²) in [6, 6.07) is 0. The number of hydrogen-bond donors (Lipinski definition) is 5. The van der Waals surface area contributed by atoms with Crippen LogP contribution in [0.3, 0.4) is 0 Å². The first-order chi connectivity index (χ1) is 22.4. The van der Waals surface area contributed by atoms with Crippen LogP contribution in [0.25, 0.3) is 0 Å². The third-order valence-corrected chi connectivity index (χ3v) is 8.73. The Morgan fingerprint density at radius 1 is 0.660 bits per heavy atom. The molecule has 5 N–H and O–H groups in total. The number of likely N-dealkylation sites (N-methyl/N-ethyl adjacent to an activating group) is 1. The number of nitrogens with zero attached hydrogens (tertiary/aromatic N) is 3. The molecule has 1 aliphatic carbocycles. The van der Waals surface area contributed by atoms with Crippen molar-refractivity contribution in [3.05, 3.63) is 84.9 Å². The molecular weight excluding hydrogens is 586 g/mol. The van der Waals surface area contributed by atoms with E-state index in [-0.39, 0.29) is 5.78 Å². The first-order valence-electron chi connectivity index (χ1n) is 17.5. The van der Waals surface area contributed by atoms with Crippen molar-refractivity contribution in [1.29, 1.82) is 0 Å². The fourth-order valence-corrected chi connectivity index (χ4v) is 5.11. The number of hydrogen-bond acceptors (Lipinski definition) is 9. The zero-order valence-corrected chi connectivity index (χ0v) is 30.4. The predicted octanol–water partition coefficient (Wildman–Crippen LogP) is 6.54. The van der Waals surface area contributed by atoms with Gasteiger partial charge in [0.25, 0.3) is 0 Å². The topological polar surface area (TPSA) is 95.1 Å². The molecule has 0 fully saturated rings. The van der Waals surface area contributed by atoms with Crippen molar-refractivity contribution in [2.24, 2.45) is 0 Å². The van der Waals surface area contributed by atoms with Crippen molar-refractivity contribution in [3.8, 4) is 0 Å². The Morgan fingerprint density at radius 3 is 1.68 bits per heavy atom. The minimum atomic E-state index is -0.0174. The van der Waals surface area contributed by atoms with Crippen molar-refractivity contribution in [2.75, 3.05) is 60.4 Å². The number of carbonyl (C=O) groups excluding carboxylic acids is 1. The van der Waals surface area contributed by atoms with Gasteiger partial charge in [-0.3, -0.25) is 15.1 Å². The highest BCUT2D eigenvalue weighted by Crippen LogP contribution is 2.24. The van der Waals surface area contributed by atoms with Crippen molar-refractivity contribution in [1.82, 2.24) is 36.1 Å². The summed E-state index contributed by atoms with van der Waals surface area (Å²) in [6.07, 6.45) is 12.9. The van der Waals surface area contributed by atoms with Gasteiger partial charge < -0.3 is 31.1 Å². The van der Waals surface area contributed by atoms with E-state index in [1.54, 1.807) is 7.05 Å². The predicted molar refractivity (Wildman–Crippen MR) is 199 cm³/mol. The SMILES string of the molecule is C=C(CCC(=C)N(C)CCCCCNC(=C)CCC(=C)N(O)CCCCCNC1=C(NC)C(=C)C1=O)NCCCCCN(C)C(=C)C. The van der Waals surface area contributed by atoms with Gasteiger partial charge in [0.15, 0.2) is 0 Å². The number of nitrogens with one attached hydrogen (secondary N) is 4. The Balaban J connectivity index is 2.01. The van der Waals surface area contributed by atoms with Crippen LogP contribution in [-0.4, -0.2) is 86.3 Å². The van der Waals surface area contributed by atoms with Crippen LogP contribution < -0.4 is 21.3 Å². The lowest BCUT2D eigenvalue weighted by Gasteiger charge is -2.25. The molecule has 0 aromatic rings.